The number of phenolic OH excluding ortho intramolecular Hbond substituents is 1. The van der Waals surface area contributed by atoms with Crippen molar-refractivity contribution in [1.82, 2.24) is 5.32 Å². The monoisotopic (exact) mass is 914 g/mol. The summed E-state index contributed by atoms with van der Waals surface area (Å²) in [7, 11) is 1.65. The predicted octanol–water partition coefficient (Wildman–Crippen LogP) is 3.96. The molecule has 10 atom stereocenters. The molecule has 0 amide bonds. The highest BCUT2D eigenvalue weighted by Gasteiger charge is 2.49. The first-order valence-corrected chi connectivity index (χ1v) is 22.9. The number of hydrogen-bond donors (Lipinski definition) is 6. The van der Waals surface area contributed by atoms with Crippen molar-refractivity contribution in [3.63, 3.8) is 0 Å². The first-order valence-electron chi connectivity index (χ1n) is 22.9. The van der Waals surface area contributed by atoms with E-state index in [0.29, 0.717) is 53.2 Å². The summed E-state index contributed by atoms with van der Waals surface area (Å²) in [6.45, 7) is 3.94. The number of carboxylic acid groups (broad SMARTS) is 1. The third kappa shape index (κ3) is 9.46. The molecule has 2 bridgehead atoms. The highest BCUT2D eigenvalue weighted by atomic mass is 17.2. The number of aliphatic carboxylic acids is 1. The van der Waals surface area contributed by atoms with Crippen LogP contribution in [0.3, 0.4) is 0 Å². The van der Waals surface area contributed by atoms with Gasteiger partial charge < -0.3 is 69.5 Å². The predicted molar refractivity (Wildman–Crippen MR) is 233 cm³/mol. The van der Waals surface area contributed by atoms with Gasteiger partial charge in [-0.15, -0.1) is 5.92 Å². The van der Waals surface area contributed by atoms with E-state index in [1.807, 2.05) is 18.2 Å². The summed E-state index contributed by atoms with van der Waals surface area (Å²) in [5, 5.41) is 46.6. The van der Waals surface area contributed by atoms with Crippen LogP contribution in [0, 0.1) is 29.6 Å². The Balaban J connectivity index is 1.04. The molecule has 7 N–H and O–H groups in total. The van der Waals surface area contributed by atoms with Crippen molar-refractivity contribution in [1.29, 1.82) is 0 Å². The summed E-state index contributed by atoms with van der Waals surface area (Å²) in [6.07, 6.45) is -1.59. The minimum Gasteiger partial charge on any atom is -0.508 e. The molecule has 9 rings (SSSR count). The number of phenols is 1. The van der Waals surface area contributed by atoms with E-state index in [2.05, 4.69) is 37.1 Å². The molecular weight excluding hydrogens is 857 g/mol. The van der Waals surface area contributed by atoms with Gasteiger partial charge >= 0.3 is 11.9 Å². The van der Waals surface area contributed by atoms with Crippen molar-refractivity contribution in [2.75, 3.05) is 33.7 Å². The number of carbonyl (C=O) groups excluding carboxylic acids is 1. The van der Waals surface area contributed by atoms with Crippen molar-refractivity contribution < 1.29 is 72.9 Å². The van der Waals surface area contributed by atoms with E-state index in [1.54, 1.807) is 19.2 Å². The number of nitrogens with one attached hydrogen (secondary N) is 1. The quantitative estimate of drug-likeness (QED) is 0.0525. The van der Waals surface area contributed by atoms with Crippen LogP contribution in [0.2, 0.25) is 0 Å². The molecule has 1 aliphatic carbocycles. The number of fused-ring (bicyclic) bond motifs is 8. The maximum Gasteiger partial charge on any atom is 0.332 e. The number of benzene rings is 3. The molecule has 66 heavy (non-hydrogen) atoms. The second kappa shape index (κ2) is 19.5. The largest absolute Gasteiger partial charge is 0.508 e. The van der Waals surface area contributed by atoms with Crippen LogP contribution in [0.5, 0.6) is 34.5 Å². The number of aromatic hydroxyl groups is 1. The van der Waals surface area contributed by atoms with Crippen LogP contribution in [0.25, 0.3) is 0 Å². The zero-order valence-corrected chi connectivity index (χ0v) is 37.2. The first-order chi connectivity index (χ1) is 31.8. The third-order valence-corrected chi connectivity index (χ3v) is 13.4. The smallest absolute Gasteiger partial charge is 0.332 e. The van der Waals surface area contributed by atoms with Gasteiger partial charge in [-0.2, -0.15) is 4.89 Å². The van der Waals surface area contributed by atoms with Gasteiger partial charge in [0, 0.05) is 47.2 Å². The molecule has 3 aromatic carbocycles. The average Bonchev–Trinajstić information content (AvgIpc) is 4.06. The molecule has 0 radical (unpaired) electrons. The van der Waals surface area contributed by atoms with Gasteiger partial charge in [0.1, 0.15) is 48.3 Å². The summed E-state index contributed by atoms with van der Waals surface area (Å²) in [5.74, 6) is 4.38. The van der Waals surface area contributed by atoms with Gasteiger partial charge in [-0.25, -0.2) is 0 Å². The van der Waals surface area contributed by atoms with Crippen LogP contribution in [-0.4, -0.2) is 109 Å². The fourth-order valence-corrected chi connectivity index (χ4v) is 9.96. The van der Waals surface area contributed by atoms with Crippen LogP contribution >= 0.6 is 0 Å². The normalized spacial score (nSPS) is 29.3. The summed E-state index contributed by atoms with van der Waals surface area (Å²) in [4.78, 5) is 37.1. The Morgan fingerprint density at radius 2 is 1.74 bits per heavy atom. The first kappa shape index (κ1) is 45.8. The lowest BCUT2D eigenvalue weighted by atomic mass is 9.86. The van der Waals surface area contributed by atoms with Gasteiger partial charge in [-0.1, -0.05) is 51.5 Å². The summed E-state index contributed by atoms with van der Waals surface area (Å²) in [5.41, 5.74) is 11.6. The van der Waals surface area contributed by atoms with Gasteiger partial charge in [0.15, 0.2) is 29.6 Å². The van der Waals surface area contributed by atoms with Crippen molar-refractivity contribution in [2.45, 2.75) is 120 Å². The summed E-state index contributed by atoms with van der Waals surface area (Å²) in [6, 6.07) is 10.0. The second-order valence-corrected chi connectivity index (χ2v) is 18.6. The molecule has 1 saturated carbocycles. The minimum absolute atomic E-state index is 0.0717. The Labute approximate surface area is 382 Å². The molecule has 1 saturated heterocycles. The van der Waals surface area contributed by atoms with Crippen LogP contribution in [0.15, 0.2) is 36.4 Å². The molecule has 354 valence electrons. The topological polar surface area (TPSA) is 236 Å². The van der Waals surface area contributed by atoms with Crippen LogP contribution < -0.4 is 34.9 Å². The van der Waals surface area contributed by atoms with Gasteiger partial charge in [0.2, 0.25) is 12.7 Å². The lowest BCUT2D eigenvalue weighted by Gasteiger charge is -2.41. The zero-order chi connectivity index (χ0) is 46.2. The summed E-state index contributed by atoms with van der Waals surface area (Å²) >= 11 is 0. The number of aliphatic hydroxyl groups excluding tert-OH is 2. The number of cyclic esters (lactones) is 1. The number of likely N-dealkylation sites (N-methyl/N-ethyl adjacent to an activating group) is 1. The highest BCUT2D eigenvalue weighted by molar-refractivity contribution is 5.97. The van der Waals surface area contributed by atoms with E-state index in [1.165, 1.54) is 12.8 Å². The fraction of sp³-hybridized carbons (Fsp3) is 0.551. The number of carboxylic acids is 1. The lowest BCUT2D eigenvalue weighted by Crippen LogP contribution is -2.61. The van der Waals surface area contributed by atoms with Crippen molar-refractivity contribution in [3.05, 3.63) is 69.8 Å². The second-order valence-electron chi connectivity index (χ2n) is 18.6. The van der Waals surface area contributed by atoms with Gasteiger partial charge in [-0.05, 0) is 73.2 Å². The molecule has 3 aromatic rings. The average molecular weight is 915 g/mol. The number of hydrogen-bond acceptors (Lipinski definition) is 16. The number of carbonyl (C=O) groups is 2. The number of esters is 1. The van der Waals surface area contributed by atoms with Gasteiger partial charge in [0.05, 0.1) is 19.1 Å². The van der Waals surface area contributed by atoms with Crippen molar-refractivity contribution >= 4 is 11.9 Å². The Morgan fingerprint density at radius 3 is 2.52 bits per heavy atom. The van der Waals surface area contributed by atoms with Gasteiger partial charge in [-0.3, -0.25) is 9.59 Å². The maximum atomic E-state index is 12.9. The minimum atomic E-state index is -1.80. The van der Waals surface area contributed by atoms with E-state index < -0.39 is 73.4 Å². The third-order valence-electron chi connectivity index (χ3n) is 13.4. The van der Waals surface area contributed by atoms with Crippen molar-refractivity contribution in [3.8, 4) is 46.3 Å². The van der Waals surface area contributed by atoms with E-state index in [0.717, 1.165) is 47.3 Å². The standard InChI is InChI=1S/C49H58N2O15/c1-24(2)11-33-43-31(18-39-45(33)62-23-61-39)34-20-58-38-17-28(14-27-13-26(15-29(52)16-27)12-25-7-4-5-8-25)37(19-32(38)44(34)64-43)65-66-46-42(54)41(53)40-22-59-48(57)30(47(55)56)9-6-10-36(51-3)35(50)21-60-49(46)63-40/h13,15-19,24-25,30,34-36,40-42,44,46,49,51-54H,4-5,7-8,10-12,14,20-23,50H2,1-3H3,(H,55,56). The number of rotatable bonds is 11. The molecule has 0 aromatic heterocycles. The molecule has 5 heterocycles. The molecular formula is C49H58N2O15. The zero-order valence-electron chi connectivity index (χ0n) is 37.2. The maximum absolute atomic E-state index is 12.9. The molecule has 17 heteroatoms. The fourth-order valence-electron chi connectivity index (χ4n) is 9.96. The van der Waals surface area contributed by atoms with Crippen molar-refractivity contribution in [2.24, 2.45) is 23.5 Å². The molecule has 2 fully saturated rings. The van der Waals surface area contributed by atoms with Gasteiger partial charge in [0.25, 0.3) is 0 Å². The van der Waals surface area contributed by atoms with E-state index in [4.69, 9.17) is 48.7 Å². The van der Waals surface area contributed by atoms with Crippen LogP contribution in [0.4, 0.5) is 0 Å². The Kier molecular flexibility index (Phi) is 13.5. The Hall–Kier alpha value is -5.32. The summed E-state index contributed by atoms with van der Waals surface area (Å²) < 4.78 is 42.7. The lowest BCUT2D eigenvalue weighted by molar-refractivity contribution is -0.373. The van der Waals surface area contributed by atoms with E-state index in [-0.39, 0.29) is 43.7 Å². The van der Waals surface area contributed by atoms with E-state index >= 15 is 0 Å². The van der Waals surface area contributed by atoms with Crippen LogP contribution in [0.1, 0.15) is 91.4 Å². The molecule has 0 spiro atoms. The number of nitrogens with two attached hydrogens (primary N) is 1. The molecule has 17 nitrogen and oxygen atoms in total. The molecule has 5 aliphatic heterocycles. The van der Waals surface area contributed by atoms with E-state index in [9.17, 15) is 30.0 Å². The Morgan fingerprint density at radius 1 is 0.939 bits per heavy atom. The Bertz CT molecular complexity index is 2360. The number of aliphatic hydroxyl groups is 2. The molecule has 6 aliphatic rings. The highest BCUT2D eigenvalue weighted by Crippen LogP contribution is 2.57. The van der Waals surface area contributed by atoms with Crippen LogP contribution in [-0.2, 0) is 47.9 Å². The molecule has 10 unspecified atom stereocenters. The SMILES string of the molecule is CNC1CC#CC(C(=O)O)C(=O)OCC2OC(OCC1N)C(OOc1cc3c(cc1Cc1cc(O)cc(CC4CCCC4)c1)OCC1c4cc5c(c(CC(C)C)c4OC31)OCO5)C(O)C2O. The number of ether oxygens (including phenoxy) is 7.